The van der Waals surface area contributed by atoms with Gasteiger partial charge in [-0.3, -0.25) is 0 Å². The first-order valence-electron chi connectivity index (χ1n) is 6.20. The van der Waals surface area contributed by atoms with Gasteiger partial charge in [0.05, 0.1) is 0 Å². The first-order chi connectivity index (χ1) is 7.43. The van der Waals surface area contributed by atoms with Crippen LogP contribution in [0.25, 0.3) is 0 Å². The maximum Gasteiger partial charge on any atom is 0.0443 e. The Morgan fingerprint density at radius 1 is 1.31 bits per heavy atom. The van der Waals surface area contributed by atoms with E-state index in [9.17, 15) is 0 Å². The van der Waals surface area contributed by atoms with Gasteiger partial charge in [-0.25, -0.2) is 0 Å². The predicted molar refractivity (Wildman–Crippen MR) is 72.2 cm³/mol. The predicted octanol–water partition coefficient (Wildman–Crippen LogP) is 4.00. The molecule has 0 amide bonds. The molecular weight excluding hydrogens is 194 g/mol. The summed E-state index contributed by atoms with van der Waals surface area (Å²) in [6, 6.07) is 0.421. The highest BCUT2D eigenvalue weighted by Gasteiger charge is 2.16. The SMILES string of the molecule is C=C1/C=C\CC(C)C(C)/C(C)=C\C(C)N1C. The second-order valence-electron chi connectivity index (χ2n) is 5.16. The van der Waals surface area contributed by atoms with Crippen molar-refractivity contribution in [2.24, 2.45) is 11.8 Å². The fourth-order valence-corrected chi connectivity index (χ4v) is 2.09. The molecule has 16 heavy (non-hydrogen) atoms. The molecule has 0 aromatic heterocycles. The van der Waals surface area contributed by atoms with Crippen LogP contribution in [0.3, 0.4) is 0 Å². The van der Waals surface area contributed by atoms with E-state index in [0.29, 0.717) is 17.9 Å². The van der Waals surface area contributed by atoms with Gasteiger partial charge in [-0.05, 0) is 38.2 Å². The Morgan fingerprint density at radius 2 is 1.94 bits per heavy atom. The third kappa shape index (κ3) is 3.01. The average molecular weight is 219 g/mol. The first kappa shape index (κ1) is 13.1. The molecule has 1 heteroatoms. The molecule has 3 atom stereocenters. The van der Waals surface area contributed by atoms with Gasteiger partial charge in [0.1, 0.15) is 0 Å². The zero-order valence-corrected chi connectivity index (χ0v) is 11.3. The Labute approximate surface area is 101 Å². The smallest absolute Gasteiger partial charge is 0.0443 e. The van der Waals surface area contributed by atoms with Crippen LogP contribution in [0.5, 0.6) is 0 Å². The largest absolute Gasteiger partial charge is 0.369 e. The maximum absolute atomic E-state index is 4.10. The summed E-state index contributed by atoms with van der Waals surface area (Å²) in [5, 5.41) is 0. The van der Waals surface area contributed by atoms with E-state index < -0.39 is 0 Å². The minimum Gasteiger partial charge on any atom is -0.369 e. The van der Waals surface area contributed by atoms with Crippen molar-refractivity contribution in [3.8, 4) is 0 Å². The summed E-state index contributed by atoms with van der Waals surface area (Å²) in [5.74, 6) is 1.36. The van der Waals surface area contributed by atoms with Crippen LogP contribution in [0, 0.1) is 11.8 Å². The molecule has 90 valence electrons. The minimum atomic E-state index is 0.421. The lowest BCUT2D eigenvalue weighted by atomic mass is 9.86. The normalized spacial score (nSPS) is 37.8. The summed E-state index contributed by atoms with van der Waals surface area (Å²) in [7, 11) is 2.11. The lowest BCUT2D eigenvalue weighted by molar-refractivity contribution is 0.373. The van der Waals surface area contributed by atoms with Gasteiger partial charge in [-0.15, -0.1) is 0 Å². The van der Waals surface area contributed by atoms with E-state index in [4.69, 9.17) is 0 Å². The highest BCUT2D eigenvalue weighted by molar-refractivity contribution is 5.18. The number of allylic oxidation sites excluding steroid dienone is 3. The second kappa shape index (κ2) is 5.38. The maximum atomic E-state index is 4.10. The van der Waals surface area contributed by atoms with Crippen LogP contribution < -0.4 is 0 Å². The van der Waals surface area contributed by atoms with Crippen molar-refractivity contribution in [2.75, 3.05) is 7.05 Å². The molecule has 0 saturated carbocycles. The van der Waals surface area contributed by atoms with Gasteiger partial charge in [0, 0.05) is 18.8 Å². The van der Waals surface area contributed by atoms with Crippen LogP contribution in [0.2, 0.25) is 0 Å². The van der Waals surface area contributed by atoms with Crippen LogP contribution >= 0.6 is 0 Å². The highest BCUT2D eigenvalue weighted by atomic mass is 15.1. The van der Waals surface area contributed by atoms with Gasteiger partial charge in [-0.1, -0.05) is 38.2 Å². The molecule has 0 fully saturated rings. The second-order valence-corrected chi connectivity index (χ2v) is 5.16. The van der Waals surface area contributed by atoms with Gasteiger partial charge in [-0.2, -0.15) is 0 Å². The Bertz CT molecular complexity index is 311. The van der Waals surface area contributed by atoms with Crippen molar-refractivity contribution >= 4 is 0 Å². The van der Waals surface area contributed by atoms with E-state index in [-0.39, 0.29) is 0 Å². The molecule has 0 spiro atoms. The minimum absolute atomic E-state index is 0.421. The van der Waals surface area contributed by atoms with Gasteiger partial charge in [0.2, 0.25) is 0 Å². The molecule has 1 nitrogen and oxygen atoms in total. The van der Waals surface area contributed by atoms with Gasteiger partial charge in [0.25, 0.3) is 0 Å². The fourth-order valence-electron chi connectivity index (χ4n) is 2.09. The van der Waals surface area contributed by atoms with E-state index in [2.05, 4.69) is 64.4 Å². The molecule has 1 heterocycles. The third-order valence-corrected chi connectivity index (χ3v) is 3.96. The molecule has 1 rings (SSSR count). The van der Waals surface area contributed by atoms with Gasteiger partial charge >= 0.3 is 0 Å². The Balaban J connectivity index is 2.97. The zero-order valence-electron chi connectivity index (χ0n) is 11.3. The van der Waals surface area contributed by atoms with Crippen molar-refractivity contribution in [3.05, 3.63) is 36.1 Å². The summed E-state index contributed by atoms with van der Waals surface area (Å²) in [5.41, 5.74) is 2.59. The highest BCUT2D eigenvalue weighted by Crippen LogP contribution is 2.25. The van der Waals surface area contributed by atoms with Crippen LogP contribution in [-0.2, 0) is 0 Å². The molecule has 1 aliphatic heterocycles. The van der Waals surface area contributed by atoms with Crippen molar-refractivity contribution in [2.45, 2.75) is 40.2 Å². The van der Waals surface area contributed by atoms with Gasteiger partial charge in [0.15, 0.2) is 0 Å². The molecule has 0 N–H and O–H groups in total. The quantitative estimate of drug-likeness (QED) is 0.557. The fraction of sp³-hybridized carbons (Fsp3) is 0.600. The summed E-state index contributed by atoms with van der Waals surface area (Å²) < 4.78 is 0. The van der Waals surface area contributed by atoms with E-state index in [1.54, 1.807) is 0 Å². The Morgan fingerprint density at radius 3 is 2.56 bits per heavy atom. The monoisotopic (exact) mass is 219 g/mol. The van der Waals surface area contributed by atoms with E-state index in [1.165, 1.54) is 5.57 Å². The summed E-state index contributed by atoms with van der Waals surface area (Å²) in [6.45, 7) is 13.2. The number of rotatable bonds is 0. The summed E-state index contributed by atoms with van der Waals surface area (Å²) in [4.78, 5) is 2.22. The van der Waals surface area contributed by atoms with Gasteiger partial charge < -0.3 is 4.90 Å². The average Bonchev–Trinajstić information content (AvgIpc) is 2.25. The van der Waals surface area contributed by atoms with Crippen LogP contribution in [0.15, 0.2) is 36.1 Å². The van der Waals surface area contributed by atoms with Crippen LogP contribution in [0.1, 0.15) is 34.1 Å². The summed E-state index contributed by atoms with van der Waals surface area (Å²) >= 11 is 0. The van der Waals surface area contributed by atoms with E-state index >= 15 is 0 Å². The van der Waals surface area contributed by atoms with E-state index in [1.807, 2.05) is 0 Å². The molecule has 3 unspecified atom stereocenters. The van der Waals surface area contributed by atoms with Crippen LogP contribution in [0.4, 0.5) is 0 Å². The Hall–Kier alpha value is -0.980. The standard InChI is InChI=1S/C15H25N/c1-11-8-7-9-13(3)16(6)14(4)10-12(2)15(11)5/h7,9-11,14-15H,3,8H2,1-2,4-6H3/b9-7-,12-10-. The molecule has 0 aromatic carbocycles. The lowest BCUT2D eigenvalue weighted by Crippen LogP contribution is -2.27. The van der Waals surface area contributed by atoms with E-state index in [0.717, 1.165) is 12.1 Å². The van der Waals surface area contributed by atoms with Crippen molar-refractivity contribution in [1.82, 2.24) is 4.90 Å². The molecule has 0 radical (unpaired) electrons. The molecule has 1 aliphatic rings. The number of hydrogen-bond acceptors (Lipinski definition) is 1. The number of nitrogens with zero attached hydrogens (tertiary/aromatic N) is 1. The molecule has 0 aliphatic carbocycles. The summed E-state index contributed by atoms with van der Waals surface area (Å²) in [6.07, 6.45) is 7.90. The third-order valence-electron chi connectivity index (χ3n) is 3.96. The number of hydrogen-bond donors (Lipinski definition) is 0. The first-order valence-corrected chi connectivity index (χ1v) is 6.20. The molecule has 0 bridgehead atoms. The Kier molecular flexibility index (Phi) is 4.40. The van der Waals surface area contributed by atoms with Crippen molar-refractivity contribution in [1.29, 1.82) is 0 Å². The molecular formula is C15H25N. The zero-order chi connectivity index (χ0) is 12.3. The molecule has 0 aromatic rings. The molecule has 0 saturated heterocycles. The topological polar surface area (TPSA) is 3.24 Å². The number of likely N-dealkylation sites (N-methyl/N-ethyl adjacent to an activating group) is 1. The van der Waals surface area contributed by atoms with Crippen molar-refractivity contribution < 1.29 is 0 Å². The van der Waals surface area contributed by atoms with Crippen LogP contribution in [-0.4, -0.2) is 18.0 Å². The van der Waals surface area contributed by atoms with Crippen molar-refractivity contribution in [3.63, 3.8) is 0 Å². The lowest BCUT2D eigenvalue weighted by Gasteiger charge is -2.29.